The lowest BCUT2D eigenvalue weighted by Crippen LogP contribution is -2.19. The Morgan fingerprint density at radius 3 is 0.989 bits per heavy atom. The maximum absolute atomic E-state index is 9.23. The zero-order chi connectivity index (χ0) is 67.3. The number of aromatic amines is 4. The molecule has 1 aliphatic carbocycles. The number of hydrogen-bond acceptors (Lipinski definition) is 14. The summed E-state index contributed by atoms with van der Waals surface area (Å²) in [5, 5.41) is 38.7. The summed E-state index contributed by atoms with van der Waals surface area (Å²) >= 11 is 0. The molecule has 514 valence electrons. The first-order valence-electron chi connectivity index (χ1n) is 34.8. The van der Waals surface area contributed by atoms with Gasteiger partial charge in [-0.25, -0.2) is 0 Å². The zero-order valence-electron chi connectivity index (χ0n) is 59.0. The van der Waals surface area contributed by atoms with E-state index in [1.165, 1.54) is 92.0 Å². The maximum atomic E-state index is 9.23. The second-order valence-corrected chi connectivity index (χ2v) is 25.0. The number of methoxy groups -OCH3 is 1. The van der Waals surface area contributed by atoms with Crippen molar-refractivity contribution < 1.29 is 28.8 Å². The van der Waals surface area contributed by atoms with Crippen LogP contribution in [-0.2, 0) is 30.9 Å². The quantitative estimate of drug-likeness (QED) is 0.0228. The fourth-order valence-electron chi connectivity index (χ4n) is 10.6. The highest BCUT2D eigenvalue weighted by Crippen LogP contribution is 2.32. The van der Waals surface area contributed by atoms with Crippen LogP contribution in [0.25, 0.3) is 45.0 Å². The van der Waals surface area contributed by atoms with Crippen molar-refractivity contribution in [3.8, 4) is 68.0 Å². The van der Waals surface area contributed by atoms with E-state index in [4.69, 9.17) is 23.7 Å². The predicted molar refractivity (Wildman–Crippen MR) is 383 cm³/mol. The predicted octanol–water partition coefficient (Wildman–Crippen LogP) is 15.8. The van der Waals surface area contributed by atoms with Crippen LogP contribution in [0.1, 0.15) is 154 Å². The van der Waals surface area contributed by atoms with Crippen LogP contribution < -0.4 is 18.9 Å². The van der Waals surface area contributed by atoms with Crippen molar-refractivity contribution in [3.63, 3.8) is 0 Å². The van der Waals surface area contributed by atoms with E-state index in [1.807, 2.05) is 68.1 Å². The number of unbranched alkanes of at least 4 members (excludes halogenated alkanes) is 4. The van der Waals surface area contributed by atoms with Crippen LogP contribution in [0, 0.1) is 5.92 Å². The highest BCUT2D eigenvalue weighted by molar-refractivity contribution is 5.66. The van der Waals surface area contributed by atoms with Crippen molar-refractivity contribution in [1.82, 2.24) is 60.4 Å². The number of benzene rings is 4. The molecule has 9 rings (SSSR count). The summed E-state index contributed by atoms with van der Waals surface area (Å²) in [5.41, 5.74) is 13.8. The lowest BCUT2D eigenvalue weighted by atomic mass is 10.1. The van der Waals surface area contributed by atoms with Crippen LogP contribution >= 0.6 is 0 Å². The first-order valence-corrected chi connectivity index (χ1v) is 34.8. The normalized spacial score (nSPS) is 12.4. The topological polar surface area (TPSA) is 194 Å². The van der Waals surface area contributed by atoms with Crippen molar-refractivity contribution >= 4 is 0 Å². The molecule has 18 heteroatoms. The van der Waals surface area contributed by atoms with Gasteiger partial charge in [0.15, 0.2) is 0 Å². The molecule has 1 unspecified atom stereocenters. The largest absolute Gasteiger partial charge is 0.493 e. The number of nitrogens with zero attached hydrogens (tertiary/aromatic N) is 8. The molecular weight excluding hydrogens is 1180 g/mol. The van der Waals surface area contributed by atoms with Crippen LogP contribution in [0.5, 0.6) is 23.0 Å². The molecule has 1 atom stereocenters. The Labute approximate surface area is 562 Å². The summed E-state index contributed by atoms with van der Waals surface area (Å²) in [7, 11) is 10.3. The second kappa shape index (κ2) is 42.9. The van der Waals surface area contributed by atoms with Crippen molar-refractivity contribution in [1.29, 1.82) is 0 Å². The first-order chi connectivity index (χ1) is 45.8. The third kappa shape index (κ3) is 26.5. The molecule has 8 aromatic rings. The number of aliphatic hydroxyl groups excluding tert-OH is 1. The SMILES string of the molecule is CCCCN(C)Cc1cn[nH]c1-c1ccc(OC(CC)CC)cc1.CCCCN(C)Cc1cn[nH]c1-c1ccc(OC(CC)CO)cc1.CCCCN(C)Cc1cn[nH]c1-c1ccc(OCC2CC2)cc1.CCCCN(C)Cc1cn[nH]c1-c1ccc(OCCOC)cc1. The Morgan fingerprint density at radius 1 is 0.415 bits per heavy atom. The smallest absolute Gasteiger partial charge is 0.121 e. The van der Waals surface area contributed by atoms with E-state index >= 15 is 0 Å². The molecule has 1 fully saturated rings. The van der Waals surface area contributed by atoms with Gasteiger partial charge in [-0.15, -0.1) is 0 Å². The van der Waals surface area contributed by atoms with Crippen molar-refractivity contribution in [2.24, 2.45) is 5.92 Å². The molecule has 0 amide bonds. The molecule has 1 aliphatic rings. The van der Waals surface area contributed by atoms with Gasteiger partial charge in [-0.1, -0.05) is 74.1 Å². The average molecular weight is 1290 g/mol. The van der Waals surface area contributed by atoms with E-state index in [2.05, 4.69) is 191 Å². The van der Waals surface area contributed by atoms with Crippen LogP contribution in [0.4, 0.5) is 0 Å². The van der Waals surface area contributed by atoms with Gasteiger partial charge in [-0.05, 0) is 215 Å². The van der Waals surface area contributed by atoms with Gasteiger partial charge in [0.05, 0.1) is 73.5 Å². The summed E-state index contributed by atoms with van der Waals surface area (Å²) < 4.78 is 28.1. The Balaban J connectivity index is 0.000000199. The van der Waals surface area contributed by atoms with Crippen LogP contribution in [-0.4, -0.2) is 166 Å². The van der Waals surface area contributed by atoms with Crippen LogP contribution in [0.2, 0.25) is 0 Å². The second-order valence-electron chi connectivity index (χ2n) is 25.0. The molecule has 0 radical (unpaired) electrons. The van der Waals surface area contributed by atoms with E-state index in [1.54, 1.807) is 7.11 Å². The molecule has 1 saturated carbocycles. The van der Waals surface area contributed by atoms with Gasteiger partial charge in [0.1, 0.15) is 35.7 Å². The minimum Gasteiger partial charge on any atom is -0.493 e. The third-order valence-corrected chi connectivity index (χ3v) is 16.7. The number of H-pyrrole nitrogens is 4. The molecule has 0 aliphatic heterocycles. The number of aliphatic hydroxyl groups is 1. The van der Waals surface area contributed by atoms with Crippen LogP contribution in [0.15, 0.2) is 122 Å². The van der Waals surface area contributed by atoms with E-state index < -0.39 is 0 Å². The maximum Gasteiger partial charge on any atom is 0.121 e. The molecule has 4 aromatic carbocycles. The highest BCUT2D eigenvalue weighted by Gasteiger charge is 2.22. The fraction of sp³-hybridized carbons (Fsp3) is 0.526. The zero-order valence-corrected chi connectivity index (χ0v) is 59.0. The molecule has 5 N–H and O–H groups in total. The molecule has 18 nitrogen and oxygen atoms in total. The van der Waals surface area contributed by atoms with E-state index in [0.29, 0.717) is 19.3 Å². The Hall–Kier alpha value is -7.32. The summed E-state index contributed by atoms with van der Waals surface area (Å²) in [6.07, 6.45) is 23.1. The Bertz CT molecular complexity index is 3100. The Kier molecular flexibility index (Phi) is 34.5. The minimum absolute atomic E-state index is 0.0348. The fourth-order valence-corrected chi connectivity index (χ4v) is 10.6. The lowest BCUT2D eigenvalue weighted by molar-refractivity contribution is 0.112. The number of ether oxygens (including phenoxy) is 5. The molecular formula is C76H114N12O6. The molecule has 94 heavy (non-hydrogen) atoms. The van der Waals surface area contributed by atoms with Gasteiger partial charge >= 0.3 is 0 Å². The molecule has 4 heterocycles. The summed E-state index contributed by atoms with van der Waals surface area (Å²) in [4.78, 5) is 9.36. The van der Waals surface area contributed by atoms with Gasteiger partial charge < -0.3 is 48.4 Å². The summed E-state index contributed by atoms with van der Waals surface area (Å²) in [5.74, 6) is 4.32. The average Bonchev–Trinajstić information content (AvgIpc) is 2.13. The summed E-state index contributed by atoms with van der Waals surface area (Å²) in [6, 6.07) is 32.7. The van der Waals surface area contributed by atoms with E-state index in [0.717, 1.165) is 147 Å². The number of aromatic nitrogens is 8. The van der Waals surface area contributed by atoms with E-state index in [9.17, 15) is 5.11 Å². The molecule has 0 bridgehead atoms. The van der Waals surface area contributed by atoms with Gasteiger partial charge in [0.2, 0.25) is 0 Å². The lowest BCUT2D eigenvalue weighted by Gasteiger charge is -2.17. The van der Waals surface area contributed by atoms with Crippen LogP contribution in [0.3, 0.4) is 0 Å². The summed E-state index contributed by atoms with van der Waals surface area (Å²) in [6.45, 7) is 25.3. The number of hydrogen-bond donors (Lipinski definition) is 5. The van der Waals surface area contributed by atoms with Gasteiger partial charge in [-0.3, -0.25) is 20.4 Å². The van der Waals surface area contributed by atoms with Gasteiger partial charge in [0, 0.05) is 77.8 Å². The third-order valence-electron chi connectivity index (χ3n) is 16.7. The number of nitrogens with one attached hydrogen (secondary N) is 4. The highest BCUT2D eigenvalue weighted by atomic mass is 16.5. The number of rotatable bonds is 39. The van der Waals surface area contributed by atoms with Gasteiger partial charge in [-0.2, -0.15) is 20.4 Å². The first kappa shape index (κ1) is 75.7. The molecule has 4 aromatic heterocycles. The van der Waals surface area contributed by atoms with Gasteiger partial charge in [0.25, 0.3) is 0 Å². The monoisotopic (exact) mass is 1290 g/mol. The van der Waals surface area contributed by atoms with Crippen molar-refractivity contribution in [2.75, 3.05) is 87.9 Å². The van der Waals surface area contributed by atoms with Crippen molar-refractivity contribution in [3.05, 3.63) is 144 Å². The van der Waals surface area contributed by atoms with Crippen molar-refractivity contribution in [2.45, 2.75) is 170 Å². The van der Waals surface area contributed by atoms with E-state index in [-0.39, 0.29) is 12.7 Å². The molecule has 0 spiro atoms. The Morgan fingerprint density at radius 2 is 0.713 bits per heavy atom. The standard InChI is InChI=1S/C20H31N3O.C19H29N3O2.C19H27N3O.C18H27N3O2/c1-5-8-13-23(4)15-17-14-21-22-20(17)16-9-11-19(12-10-16)24-18(6-2)7-3;1-4-6-11-22(3)13-16-12-20-21-19(16)15-7-9-18(10-8-15)24-17(5-2)14-23;1-3-4-11-22(2)13-17-12-20-21-19(17)16-7-9-18(10-8-16)23-14-15-5-6-15;1-4-5-10-21(2)14-16-13-19-20-18(16)15-6-8-17(9-7-15)23-12-11-22-3/h9-12,14,18H,5-8,13,15H2,1-4H3,(H,21,22);7-10,12,17,23H,4-6,11,13-14H2,1-3H3,(H,20,21);7-10,12,15H,3-6,11,13-14H2,1-2H3,(H,20,21);6-9,13H,4-5,10-12,14H2,1-3H3,(H,19,20). The minimum atomic E-state index is -0.147. The molecule has 0 saturated heterocycles.